The minimum atomic E-state index is -0.219. The second kappa shape index (κ2) is 9.39. The summed E-state index contributed by atoms with van der Waals surface area (Å²) < 4.78 is 5.77. The number of nitrogens with one attached hydrogen (secondary N) is 2. The molecule has 0 atom stereocenters. The van der Waals surface area contributed by atoms with Crippen LogP contribution in [-0.2, 0) is 0 Å². The van der Waals surface area contributed by atoms with Crippen molar-refractivity contribution < 1.29 is 9.53 Å². The van der Waals surface area contributed by atoms with Gasteiger partial charge in [0.25, 0.3) is 0 Å². The summed E-state index contributed by atoms with van der Waals surface area (Å²) in [6.07, 6.45) is 7.03. The molecule has 0 saturated heterocycles. The van der Waals surface area contributed by atoms with Crippen LogP contribution in [0.25, 0.3) is 0 Å². The fraction of sp³-hybridized carbons (Fsp3) is 0.286. The van der Waals surface area contributed by atoms with E-state index in [-0.39, 0.29) is 6.03 Å². The van der Waals surface area contributed by atoms with E-state index in [2.05, 4.69) is 29.5 Å². The maximum atomic E-state index is 11.8. The predicted octanol–water partition coefficient (Wildman–Crippen LogP) is 4.27. The fourth-order valence-electron chi connectivity index (χ4n) is 2.40. The lowest BCUT2D eigenvalue weighted by molar-refractivity contribution is 0.251. The monoisotopic (exact) mass is 336 g/mol. The van der Waals surface area contributed by atoms with Crippen LogP contribution in [0.2, 0.25) is 0 Å². The van der Waals surface area contributed by atoms with Gasteiger partial charge in [-0.15, -0.1) is 6.42 Å². The van der Waals surface area contributed by atoms with Crippen LogP contribution in [0.4, 0.5) is 10.5 Å². The van der Waals surface area contributed by atoms with Crippen LogP contribution in [0, 0.1) is 26.2 Å². The molecule has 4 nitrogen and oxygen atoms in total. The molecule has 0 aromatic heterocycles. The van der Waals surface area contributed by atoms with Crippen molar-refractivity contribution in [3.05, 3.63) is 59.2 Å². The van der Waals surface area contributed by atoms with Crippen LogP contribution < -0.4 is 15.4 Å². The molecule has 2 rings (SSSR count). The van der Waals surface area contributed by atoms with Crippen molar-refractivity contribution in [1.29, 1.82) is 0 Å². The van der Waals surface area contributed by atoms with E-state index in [1.165, 1.54) is 5.56 Å². The number of urea groups is 1. The molecule has 2 amide bonds. The number of hydrogen-bond donors (Lipinski definition) is 2. The first kappa shape index (κ1) is 18.4. The van der Waals surface area contributed by atoms with Gasteiger partial charge in [-0.25, -0.2) is 4.79 Å². The van der Waals surface area contributed by atoms with Crippen LogP contribution in [0.1, 0.15) is 29.5 Å². The Morgan fingerprint density at radius 3 is 2.56 bits per heavy atom. The molecule has 0 aliphatic heterocycles. The third kappa shape index (κ3) is 6.23. The second-order valence-corrected chi connectivity index (χ2v) is 5.93. The van der Waals surface area contributed by atoms with Gasteiger partial charge in [-0.3, -0.25) is 0 Å². The van der Waals surface area contributed by atoms with Gasteiger partial charge in [-0.1, -0.05) is 23.6 Å². The van der Waals surface area contributed by atoms with Gasteiger partial charge in [0.2, 0.25) is 0 Å². The Labute approximate surface area is 149 Å². The van der Waals surface area contributed by atoms with Gasteiger partial charge in [-0.05, 0) is 62.6 Å². The van der Waals surface area contributed by atoms with E-state index in [0.29, 0.717) is 13.2 Å². The number of aryl methyl sites for hydroxylation is 2. The van der Waals surface area contributed by atoms with Gasteiger partial charge in [0.1, 0.15) is 5.75 Å². The highest BCUT2D eigenvalue weighted by molar-refractivity contribution is 5.89. The summed E-state index contributed by atoms with van der Waals surface area (Å²) >= 11 is 0. The Kier molecular flexibility index (Phi) is 6.91. The summed E-state index contributed by atoms with van der Waals surface area (Å²) in [5.74, 6) is 3.46. The van der Waals surface area contributed by atoms with E-state index >= 15 is 0 Å². The summed E-state index contributed by atoms with van der Waals surface area (Å²) in [6.45, 7) is 5.35. The molecule has 0 unspecified atom stereocenters. The van der Waals surface area contributed by atoms with Crippen LogP contribution in [0.15, 0.2) is 42.5 Å². The smallest absolute Gasteiger partial charge is 0.319 e. The predicted molar refractivity (Wildman–Crippen MR) is 102 cm³/mol. The third-order valence-corrected chi connectivity index (χ3v) is 3.75. The molecule has 2 aromatic carbocycles. The molecule has 0 aliphatic rings. The number of unbranched alkanes of at least 4 members (excludes halogenated alkanes) is 1. The number of anilines is 1. The largest absolute Gasteiger partial charge is 0.493 e. The Morgan fingerprint density at radius 2 is 1.88 bits per heavy atom. The van der Waals surface area contributed by atoms with Crippen LogP contribution in [-0.4, -0.2) is 19.2 Å². The summed E-state index contributed by atoms with van der Waals surface area (Å²) in [6, 6.07) is 13.1. The number of ether oxygens (including phenoxy) is 1. The first-order valence-electron chi connectivity index (χ1n) is 8.40. The molecule has 0 aliphatic carbocycles. The molecule has 4 heteroatoms. The van der Waals surface area contributed by atoms with Crippen molar-refractivity contribution in [2.45, 2.75) is 26.7 Å². The highest BCUT2D eigenvalue weighted by Gasteiger charge is 2.02. The van der Waals surface area contributed by atoms with Gasteiger partial charge in [-0.2, -0.15) is 0 Å². The summed E-state index contributed by atoms with van der Waals surface area (Å²) in [5.41, 5.74) is 3.88. The van der Waals surface area contributed by atoms with E-state index in [9.17, 15) is 4.79 Å². The van der Waals surface area contributed by atoms with E-state index in [0.717, 1.165) is 35.4 Å². The number of benzene rings is 2. The van der Waals surface area contributed by atoms with Crippen molar-refractivity contribution in [3.8, 4) is 18.1 Å². The minimum Gasteiger partial charge on any atom is -0.493 e. The van der Waals surface area contributed by atoms with Crippen LogP contribution in [0.5, 0.6) is 5.75 Å². The van der Waals surface area contributed by atoms with Crippen molar-refractivity contribution in [3.63, 3.8) is 0 Å². The maximum Gasteiger partial charge on any atom is 0.319 e. The fourth-order valence-corrected chi connectivity index (χ4v) is 2.40. The highest BCUT2D eigenvalue weighted by atomic mass is 16.5. The first-order valence-corrected chi connectivity index (χ1v) is 8.40. The molecule has 2 aromatic rings. The quantitative estimate of drug-likeness (QED) is 0.586. The normalized spacial score (nSPS) is 9.96. The average Bonchev–Trinajstić information content (AvgIpc) is 2.60. The Balaban J connectivity index is 1.60. The number of carbonyl (C=O) groups is 1. The topological polar surface area (TPSA) is 50.4 Å². The van der Waals surface area contributed by atoms with Gasteiger partial charge in [0, 0.05) is 17.8 Å². The summed E-state index contributed by atoms with van der Waals surface area (Å²) in [7, 11) is 0. The number of terminal acetylenes is 1. The van der Waals surface area contributed by atoms with E-state index in [1.807, 2.05) is 19.1 Å². The molecule has 130 valence electrons. The Bertz CT molecular complexity index is 745. The van der Waals surface area contributed by atoms with Crippen molar-refractivity contribution in [1.82, 2.24) is 5.32 Å². The van der Waals surface area contributed by atoms with Gasteiger partial charge in [0.05, 0.1) is 6.61 Å². The van der Waals surface area contributed by atoms with Crippen LogP contribution in [0.3, 0.4) is 0 Å². The Morgan fingerprint density at radius 1 is 1.12 bits per heavy atom. The van der Waals surface area contributed by atoms with Crippen molar-refractivity contribution in [2.75, 3.05) is 18.5 Å². The lowest BCUT2D eigenvalue weighted by Crippen LogP contribution is -2.29. The lowest BCUT2D eigenvalue weighted by Gasteiger charge is -2.10. The molecule has 0 saturated carbocycles. The van der Waals surface area contributed by atoms with E-state index in [1.54, 1.807) is 24.3 Å². The molecular weight excluding hydrogens is 312 g/mol. The third-order valence-electron chi connectivity index (χ3n) is 3.75. The van der Waals surface area contributed by atoms with Gasteiger partial charge in [0.15, 0.2) is 0 Å². The zero-order chi connectivity index (χ0) is 18.1. The molecule has 0 fully saturated rings. The lowest BCUT2D eigenvalue weighted by atomic mass is 10.1. The molecule has 0 bridgehead atoms. The van der Waals surface area contributed by atoms with Crippen molar-refractivity contribution in [2.24, 2.45) is 0 Å². The van der Waals surface area contributed by atoms with Crippen molar-refractivity contribution >= 4 is 11.7 Å². The molecular formula is C21H24N2O2. The molecule has 2 N–H and O–H groups in total. The number of hydrogen-bond acceptors (Lipinski definition) is 2. The maximum absolute atomic E-state index is 11.8. The zero-order valence-corrected chi connectivity index (χ0v) is 14.8. The summed E-state index contributed by atoms with van der Waals surface area (Å²) in [4.78, 5) is 11.8. The number of amides is 2. The molecule has 0 spiro atoms. The molecule has 0 heterocycles. The first-order chi connectivity index (χ1) is 12.1. The van der Waals surface area contributed by atoms with E-state index < -0.39 is 0 Å². The van der Waals surface area contributed by atoms with E-state index in [4.69, 9.17) is 11.2 Å². The number of rotatable bonds is 7. The average molecular weight is 336 g/mol. The van der Waals surface area contributed by atoms with Crippen LogP contribution >= 0.6 is 0 Å². The van der Waals surface area contributed by atoms with Gasteiger partial charge < -0.3 is 15.4 Å². The minimum absolute atomic E-state index is 0.219. The second-order valence-electron chi connectivity index (χ2n) is 5.93. The van der Waals surface area contributed by atoms with Gasteiger partial charge >= 0.3 is 6.03 Å². The SMILES string of the molecule is C#Cc1ccc(NC(=O)NCCCCOc2ccc(C)cc2C)cc1. The summed E-state index contributed by atoms with van der Waals surface area (Å²) in [5, 5.41) is 5.60. The zero-order valence-electron chi connectivity index (χ0n) is 14.8. The highest BCUT2D eigenvalue weighted by Crippen LogP contribution is 2.18. The Hall–Kier alpha value is -2.93. The molecule has 25 heavy (non-hydrogen) atoms. The molecule has 0 radical (unpaired) electrons. The number of carbonyl (C=O) groups excluding carboxylic acids is 1. The standard InChI is InChI=1S/C21H24N2O2/c1-4-18-8-10-19(11-9-18)23-21(24)22-13-5-6-14-25-20-12-7-16(2)15-17(20)3/h1,7-12,15H,5-6,13-14H2,2-3H3,(H2,22,23,24).